The third-order valence-electron chi connectivity index (χ3n) is 2.17. The molecule has 0 amide bonds. The van der Waals surface area contributed by atoms with Gasteiger partial charge >= 0.3 is 0 Å². The number of thioether (sulfide) groups is 1. The van der Waals surface area contributed by atoms with E-state index in [1.807, 2.05) is 24.6 Å². The Hall–Kier alpha value is -0.230. The molecule has 92 valence electrons. The van der Waals surface area contributed by atoms with Gasteiger partial charge in [-0.15, -0.1) is 11.3 Å². The zero-order valence-corrected chi connectivity index (χ0v) is 11.6. The van der Waals surface area contributed by atoms with Crippen LogP contribution in [-0.2, 0) is 6.54 Å². The van der Waals surface area contributed by atoms with Gasteiger partial charge in [0.05, 0.1) is 17.6 Å². The second-order valence-corrected chi connectivity index (χ2v) is 5.81. The summed E-state index contributed by atoms with van der Waals surface area (Å²) in [6.07, 6.45) is 2.00. The van der Waals surface area contributed by atoms with Crippen LogP contribution in [0.2, 0.25) is 0 Å². The molecule has 3 nitrogen and oxygen atoms in total. The third kappa shape index (κ3) is 4.33. The first kappa shape index (κ1) is 13.8. The van der Waals surface area contributed by atoms with E-state index < -0.39 is 5.60 Å². The number of hydrogen-bond acceptors (Lipinski definition) is 5. The Balaban J connectivity index is 2.35. The van der Waals surface area contributed by atoms with Crippen molar-refractivity contribution in [2.24, 2.45) is 0 Å². The molecule has 1 aromatic rings. The van der Waals surface area contributed by atoms with Crippen LogP contribution < -0.4 is 10.1 Å². The Labute approximate surface area is 105 Å². The summed E-state index contributed by atoms with van der Waals surface area (Å²) < 4.78 is 5.22. The Morgan fingerprint density at radius 3 is 3.00 bits per heavy atom. The van der Waals surface area contributed by atoms with E-state index in [2.05, 4.69) is 5.32 Å². The smallest absolute Gasteiger partial charge is 0.134 e. The van der Waals surface area contributed by atoms with Crippen LogP contribution in [0.1, 0.15) is 11.8 Å². The lowest BCUT2D eigenvalue weighted by atomic mass is 10.1. The quantitative estimate of drug-likeness (QED) is 0.787. The number of methoxy groups -OCH3 is 1. The van der Waals surface area contributed by atoms with Gasteiger partial charge in [-0.2, -0.15) is 11.8 Å². The van der Waals surface area contributed by atoms with Crippen molar-refractivity contribution in [2.75, 3.05) is 25.7 Å². The lowest BCUT2D eigenvalue weighted by molar-refractivity contribution is 0.0846. The molecule has 0 aliphatic rings. The van der Waals surface area contributed by atoms with Gasteiger partial charge in [-0.25, -0.2) is 0 Å². The number of hydrogen-bond donors (Lipinski definition) is 2. The van der Waals surface area contributed by atoms with Crippen LogP contribution in [0, 0.1) is 0 Å². The van der Waals surface area contributed by atoms with E-state index >= 15 is 0 Å². The Kier molecular flexibility index (Phi) is 5.61. The SMILES string of the molecule is COc1ccsc1CNCC(C)(O)CSC. The van der Waals surface area contributed by atoms with Crippen LogP contribution in [0.25, 0.3) is 0 Å². The van der Waals surface area contributed by atoms with E-state index in [9.17, 15) is 5.11 Å². The van der Waals surface area contributed by atoms with E-state index in [-0.39, 0.29) is 0 Å². The largest absolute Gasteiger partial charge is 0.496 e. The minimum atomic E-state index is -0.649. The molecule has 0 aliphatic carbocycles. The minimum Gasteiger partial charge on any atom is -0.496 e. The fourth-order valence-corrected chi connectivity index (χ4v) is 2.98. The molecule has 0 aromatic carbocycles. The number of ether oxygens (including phenoxy) is 1. The van der Waals surface area contributed by atoms with Crippen LogP contribution in [0.4, 0.5) is 0 Å². The fraction of sp³-hybridized carbons (Fsp3) is 0.636. The first-order valence-electron chi connectivity index (χ1n) is 5.11. The zero-order valence-electron chi connectivity index (χ0n) is 9.95. The molecule has 0 spiro atoms. The standard InChI is InChI=1S/C11H19NO2S2/c1-11(13,8-15-3)7-12-6-10-9(14-2)4-5-16-10/h4-5,12-13H,6-8H2,1-3H3. The second kappa shape index (κ2) is 6.49. The zero-order chi connectivity index (χ0) is 12.0. The summed E-state index contributed by atoms with van der Waals surface area (Å²) >= 11 is 3.32. The van der Waals surface area contributed by atoms with E-state index in [0.717, 1.165) is 18.0 Å². The first-order chi connectivity index (χ1) is 7.59. The Morgan fingerprint density at radius 1 is 1.62 bits per heavy atom. The molecular weight excluding hydrogens is 242 g/mol. The van der Waals surface area contributed by atoms with Crippen LogP contribution >= 0.6 is 23.1 Å². The molecule has 1 aromatic heterocycles. The van der Waals surface area contributed by atoms with Gasteiger partial charge in [0.2, 0.25) is 0 Å². The summed E-state index contributed by atoms with van der Waals surface area (Å²) in [7, 11) is 1.68. The van der Waals surface area contributed by atoms with Crippen LogP contribution in [0.5, 0.6) is 5.75 Å². The molecule has 1 heterocycles. The van der Waals surface area contributed by atoms with Gasteiger partial charge in [-0.1, -0.05) is 0 Å². The van der Waals surface area contributed by atoms with Crippen molar-refractivity contribution < 1.29 is 9.84 Å². The lowest BCUT2D eigenvalue weighted by Crippen LogP contribution is -2.39. The Morgan fingerprint density at radius 2 is 2.38 bits per heavy atom. The Bertz CT molecular complexity index is 313. The van der Waals surface area contributed by atoms with Crippen molar-refractivity contribution >= 4 is 23.1 Å². The average Bonchev–Trinajstić information content (AvgIpc) is 2.64. The molecule has 0 aliphatic heterocycles. The summed E-state index contributed by atoms with van der Waals surface area (Å²) in [5.74, 6) is 1.66. The van der Waals surface area contributed by atoms with E-state index in [1.165, 1.54) is 4.88 Å². The fourth-order valence-electron chi connectivity index (χ4n) is 1.45. The van der Waals surface area contributed by atoms with Crippen molar-refractivity contribution in [3.63, 3.8) is 0 Å². The van der Waals surface area contributed by atoms with Crippen LogP contribution in [-0.4, -0.2) is 36.4 Å². The molecule has 16 heavy (non-hydrogen) atoms. The maximum absolute atomic E-state index is 9.96. The predicted molar refractivity (Wildman–Crippen MR) is 71.6 cm³/mol. The monoisotopic (exact) mass is 261 g/mol. The van der Waals surface area contributed by atoms with Gasteiger partial charge in [0.1, 0.15) is 5.75 Å². The topological polar surface area (TPSA) is 41.5 Å². The average molecular weight is 261 g/mol. The molecule has 1 atom stereocenters. The van der Waals surface area contributed by atoms with Crippen molar-refractivity contribution in [2.45, 2.75) is 19.1 Å². The number of rotatable bonds is 7. The van der Waals surface area contributed by atoms with Gasteiger partial charge in [0.25, 0.3) is 0 Å². The molecular formula is C11H19NO2S2. The van der Waals surface area contributed by atoms with Crippen LogP contribution in [0.15, 0.2) is 11.4 Å². The highest BCUT2D eigenvalue weighted by atomic mass is 32.2. The molecule has 2 N–H and O–H groups in total. The minimum absolute atomic E-state index is 0.592. The maximum Gasteiger partial charge on any atom is 0.134 e. The van der Waals surface area contributed by atoms with Crippen molar-refractivity contribution in [3.05, 3.63) is 16.3 Å². The molecule has 1 unspecified atom stereocenters. The highest BCUT2D eigenvalue weighted by Crippen LogP contribution is 2.24. The van der Waals surface area contributed by atoms with Gasteiger partial charge in [0.15, 0.2) is 0 Å². The highest BCUT2D eigenvalue weighted by Gasteiger charge is 2.19. The van der Waals surface area contributed by atoms with E-state index in [0.29, 0.717) is 6.54 Å². The number of nitrogens with one attached hydrogen (secondary N) is 1. The van der Waals surface area contributed by atoms with Gasteiger partial charge in [-0.05, 0) is 24.6 Å². The number of aliphatic hydroxyl groups is 1. The molecule has 5 heteroatoms. The first-order valence-corrected chi connectivity index (χ1v) is 7.39. The van der Waals surface area contributed by atoms with Gasteiger partial charge in [-0.3, -0.25) is 0 Å². The molecule has 0 saturated heterocycles. The molecule has 1 rings (SSSR count). The maximum atomic E-state index is 9.96. The summed E-state index contributed by atoms with van der Waals surface area (Å²) in [6.45, 7) is 3.18. The van der Waals surface area contributed by atoms with E-state index in [1.54, 1.807) is 30.2 Å². The number of thiophene rings is 1. The van der Waals surface area contributed by atoms with Crippen molar-refractivity contribution in [1.29, 1.82) is 0 Å². The highest BCUT2D eigenvalue weighted by molar-refractivity contribution is 7.98. The predicted octanol–water partition coefficient (Wildman–Crippen LogP) is 1.96. The molecule has 0 saturated carbocycles. The van der Waals surface area contributed by atoms with E-state index in [4.69, 9.17) is 4.74 Å². The van der Waals surface area contributed by atoms with Crippen molar-refractivity contribution in [3.8, 4) is 5.75 Å². The second-order valence-electron chi connectivity index (χ2n) is 3.95. The third-order valence-corrected chi connectivity index (χ3v) is 3.98. The van der Waals surface area contributed by atoms with Gasteiger partial charge < -0.3 is 15.2 Å². The normalized spacial score (nSPS) is 14.8. The summed E-state index contributed by atoms with van der Waals surface area (Å²) in [5.41, 5.74) is -0.649. The van der Waals surface area contributed by atoms with Crippen molar-refractivity contribution in [1.82, 2.24) is 5.32 Å². The molecule has 0 bridgehead atoms. The van der Waals surface area contributed by atoms with Crippen LogP contribution in [0.3, 0.4) is 0 Å². The summed E-state index contributed by atoms with van der Waals surface area (Å²) in [6, 6.07) is 1.96. The summed E-state index contributed by atoms with van der Waals surface area (Å²) in [4.78, 5) is 1.17. The molecule has 0 radical (unpaired) electrons. The summed E-state index contributed by atoms with van der Waals surface area (Å²) in [5, 5.41) is 15.2. The lowest BCUT2D eigenvalue weighted by Gasteiger charge is -2.22. The van der Waals surface area contributed by atoms with Gasteiger partial charge in [0, 0.05) is 18.8 Å². The molecule has 0 fully saturated rings.